The topological polar surface area (TPSA) is 86.7 Å². The van der Waals surface area contributed by atoms with Crippen LogP contribution in [0.4, 0.5) is 26.3 Å². The van der Waals surface area contributed by atoms with E-state index in [1.165, 1.54) is 0 Å². The molecule has 2 aliphatic rings. The lowest BCUT2D eigenvalue weighted by Gasteiger charge is -2.43. The zero-order valence-corrected chi connectivity index (χ0v) is 17.9. The van der Waals surface area contributed by atoms with Crippen molar-refractivity contribution >= 4 is 28.8 Å². The smallest absolute Gasteiger partial charge is 0.276 e. The van der Waals surface area contributed by atoms with Gasteiger partial charge in [0.25, 0.3) is 0 Å². The molecule has 0 heterocycles. The summed E-state index contributed by atoms with van der Waals surface area (Å²) in [6.07, 6.45) is 3.06. The van der Waals surface area contributed by atoms with Crippen LogP contribution in [0.3, 0.4) is 0 Å². The van der Waals surface area contributed by atoms with Crippen LogP contribution in [0.15, 0.2) is 0 Å². The molecule has 0 aliphatic heterocycles. The van der Waals surface area contributed by atoms with Crippen LogP contribution in [0.2, 0.25) is 11.1 Å². The van der Waals surface area contributed by atoms with Gasteiger partial charge in [0.05, 0.1) is 0 Å². The van der Waals surface area contributed by atoms with E-state index in [9.17, 15) is 43.2 Å². The predicted octanol–water partition coefficient (Wildman–Crippen LogP) is 4.83. The summed E-state index contributed by atoms with van der Waals surface area (Å²) in [6.45, 7) is 0. The number of hydrogen-bond acceptors (Lipinski definition) is 6. The summed E-state index contributed by atoms with van der Waals surface area (Å²) in [5.74, 6) is 0. The van der Waals surface area contributed by atoms with Crippen molar-refractivity contribution in [3.8, 4) is 0 Å². The van der Waals surface area contributed by atoms with E-state index in [4.69, 9.17) is 0 Å². The third-order valence-electron chi connectivity index (χ3n) is 5.40. The lowest BCUT2D eigenvalue weighted by molar-refractivity contribution is -0.0539. The maximum absolute atomic E-state index is 13.0. The number of halogens is 6. The van der Waals surface area contributed by atoms with Crippen LogP contribution in [0.5, 0.6) is 0 Å². The summed E-state index contributed by atoms with van der Waals surface area (Å²) in [7, 11) is -17.8. The van der Waals surface area contributed by atoms with Crippen LogP contribution in [0, 0.1) is 0 Å². The van der Waals surface area contributed by atoms with Gasteiger partial charge >= 0.3 is 39.8 Å². The first-order valence-electron chi connectivity index (χ1n) is 9.16. The highest BCUT2D eigenvalue weighted by Gasteiger charge is 2.65. The molecule has 0 bridgehead atoms. The molecule has 15 heteroatoms. The third-order valence-corrected chi connectivity index (χ3v) is 13.8. The molecule has 0 aromatic heterocycles. The Morgan fingerprint density at radius 2 is 0.862 bits per heavy atom. The molecule has 0 amide bonds. The van der Waals surface area contributed by atoms with E-state index in [0.29, 0.717) is 38.5 Å². The fraction of sp³-hybridized carbons (Fsp3) is 1.00. The van der Waals surface area contributed by atoms with Crippen molar-refractivity contribution in [2.45, 2.75) is 86.3 Å². The third kappa shape index (κ3) is 5.46. The number of hydrogen-bond donors (Lipinski definition) is 0. The zero-order valence-electron chi connectivity index (χ0n) is 15.3. The Hall–Kier alpha value is -0.383. The Labute approximate surface area is 166 Å². The molecule has 6 nitrogen and oxygen atoms in total. The van der Waals surface area contributed by atoms with E-state index in [2.05, 4.69) is 7.74 Å². The van der Waals surface area contributed by atoms with Gasteiger partial charge in [-0.3, -0.25) is 7.74 Å². The Kier molecular flexibility index (Phi) is 7.40. The first kappa shape index (κ1) is 24.9. The standard InChI is InChI=1S/C14H22F6O6S2Si/c15-13(16,17)27(21,22)25-29(11-7-3-1-4-8-11,12-9-5-2-6-10-12)26-28(23,24)14(18,19)20/h11-12H,1-10H2. The second kappa shape index (κ2) is 8.63. The van der Waals surface area contributed by atoms with Crippen LogP contribution in [0.1, 0.15) is 64.2 Å². The van der Waals surface area contributed by atoms with E-state index in [1.54, 1.807) is 0 Å². The minimum Gasteiger partial charge on any atom is -0.276 e. The molecule has 2 rings (SSSR count). The molecule has 0 unspecified atom stereocenters. The highest BCUT2D eigenvalue weighted by atomic mass is 32.2. The molecule has 0 spiro atoms. The molecule has 172 valence electrons. The average Bonchev–Trinajstić information content (AvgIpc) is 2.60. The fourth-order valence-electron chi connectivity index (χ4n) is 4.07. The molecule has 0 atom stereocenters. The number of rotatable bonds is 6. The Morgan fingerprint density at radius 1 is 0.586 bits per heavy atom. The Balaban J connectivity index is 2.63. The zero-order chi connectivity index (χ0) is 22.1. The van der Waals surface area contributed by atoms with Crippen molar-refractivity contribution in [2.75, 3.05) is 0 Å². The predicted molar refractivity (Wildman–Crippen MR) is 91.5 cm³/mol. The van der Waals surface area contributed by atoms with Gasteiger partial charge in [-0.2, -0.15) is 43.2 Å². The van der Waals surface area contributed by atoms with Gasteiger partial charge in [-0.25, -0.2) is 0 Å². The van der Waals surface area contributed by atoms with Gasteiger partial charge in [-0.1, -0.05) is 38.5 Å². The van der Waals surface area contributed by atoms with E-state index in [0.717, 1.165) is 0 Å². The number of alkyl halides is 6. The molecule has 0 aromatic carbocycles. The maximum Gasteiger partial charge on any atom is 0.522 e. The summed E-state index contributed by atoms with van der Waals surface area (Å²) in [5, 5.41) is 0. The summed E-state index contributed by atoms with van der Waals surface area (Å²) >= 11 is 0. The van der Waals surface area contributed by atoms with E-state index in [-0.39, 0.29) is 25.7 Å². The van der Waals surface area contributed by atoms with Crippen LogP contribution >= 0.6 is 0 Å². The molecule has 0 N–H and O–H groups in total. The van der Waals surface area contributed by atoms with Gasteiger partial charge in [-0.05, 0) is 25.7 Å². The molecular formula is C14H22F6O6S2Si. The van der Waals surface area contributed by atoms with Crippen molar-refractivity contribution in [3.63, 3.8) is 0 Å². The Bertz CT molecular complexity index is 701. The summed E-state index contributed by atoms with van der Waals surface area (Å²) in [4.78, 5) is 0. The quantitative estimate of drug-likeness (QED) is 0.300. The monoisotopic (exact) mass is 492 g/mol. The van der Waals surface area contributed by atoms with Crippen LogP contribution < -0.4 is 0 Å². The highest BCUT2D eigenvalue weighted by molar-refractivity contribution is 7.90. The highest BCUT2D eigenvalue weighted by Crippen LogP contribution is 2.52. The summed E-state index contributed by atoms with van der Waals surface area (Å²) in [6, 6.07) is 0. The molecule has 0 radical (unpaired) electrons. The van der Waals surface area contributed by atoms with Crippen LogP contribution in [0.25, 0.3) is 0 Å². The molecule has 0 aromatic rings. The van der Waals surface area contributed by atoms with E-state index >= 15 is 0 Å². The van der Waals surface area contributed by atoms with Gasteiger partial charge in [0.1, 0.15) is 0 Å². The van der Waals surface area contributed by atoms with Crippen molar-refractivity contribution in [1.82, 2.24) is 0 Å². The van der Waals surface area contributed by atoms with Crippen molar-refractivity contribution < 1.29 is 50.9 Å². The molecule has 29 heavy (non-hydrogen) atoms. The van der Waals surface area contributed by atoms with E-state index < -0.39 is 50.9 Å². The van der Waals surface area contributed by atoms with Crippen LogP contribution in [-0.4, -0.2) is 36.4 Å². The SMILES string of the molecule is O=S(=O)(O[Si](OS(=O)(=O)C(F)(F)F)(C1CCCCC1)C1CCCCC1)C(F)(F)F. The van der Waals surface area contributed by atoms with Gasteiger partial charge in [-0.15, -0.1) is 0 Å². The van der Waals surface area contributed by atoms with Gasteiger partial charge < -0.3 is 0 Å². The first-order chi connectivity index (χ1) is 13.1. The molecule has 0 saturated heterocycles. The summed E-state index contributed by atoms with van der Waals surface area (Å²) < 4.78 is 135. The molecule has 2 saturated carbocycles. The lowest BCUT2D eigenvalue weighted by atomic mass is 9.99. The van der Waals surface area contributed by atoms with Crippen LogP contribution in [-0.2, 0) is 28.0 Å². The molecular weight excluding hydrogens is 470 g/mol. The van der Waals surface area contributed by atoms with E-state index in [1.807, 2.05) is 0 Å². The maximum atomic E-state index is 13.0. The minimum atomic E-state index is -6.37. The lowest BCUT2D eigenvalue weighted by Crippen LogP contribution is -2.57. The normalized spacial score (nSPS) is 22.0. The molecule has 2 aliphatic carbocycles. The van der Waals surface area contributed by atoms with Gasteiger partial charge in [0, 0.05) is 11.1 Å². The summed E-state index contributed by atoms with van der Waals surface area (Å²) in [5.41, 5.74) is -14.1. The first-order valence-corrected chi connectivity index (χ1v) is 13.9. The second-order valence-corrected chi connectivity index (χ2v) is 14.5. The van der Waals surface area contributed by atoms with Crippen molar-refractivity contribution in [2.24, 2.45) is 0 Å². The fourth-order valence-corrected chi connectivity index (χ4v) is 13.2. The van der Waals surface area contributed by atoms with Crippen molar-refractivity contribution in [1.29, 1.82) is 0 Å². The largest absolute Gasteiger partial charge is 0.522 e. The minimum absolute atomic E-state index is 0.0451. The molecule has 2 fully saturated rings. The average molecular weight is 493 g/mol. The Morgan fingerprint density at radius 3 is 1.10 bits per heavy atom. The van der Waals surface area contributed by atoms with Crippen molar-refractivity contribution in [3.05, 3.63) is 0 Å². The second-order valence-electron chi connectivity index (χ2n) is 7.36. The van der Waals surface area contributed by atoms with Gasteiger partial charge in [0.2, 0.25) is 0 Å². The van der Waals surface area contributed by atoms with Gasteiger partial charge in [0.15, 0.2) is 0 Å².